The van der Waals surface area contributed by atoms with Crippen molar-refractivity contribution in [3.63, 3.8) is 0 Å². The topological polar surface area (TPSA) is 170 Å². The van der Waals surface area contributed by atoms with Crippen LogP contribution in [0.5, 0.6) is 0 Å². The second kappa shape index (κ2) is 18.5. The number of rotatable bonds is 21. The molecule has 47 heavy (non-hydrogen) atoms. The molecule has 12 heteroatoms. The van der Waals surface area contributed by atoms with Crippen molar-refractivity contribution in [3.05, 3.63) is 69.6 Å². The largest absolute Gasteiger partial charge is 0.381 e. The Morgan fingerprint density at radius 2 is 1.49 bits per heavy atom. The van der Waals surface area contributed by atoms with E-state index in [9.17, 15) is 19.2 Å². The molecule has 1 saturated heterocycles. The van der Waals surface area contributed by atoms with Crippen molar-refractivity contribution in [3.8, 4) is 0 Å². The Hall–Kier alpha value is -3.84. The summed E-state index contributed by atoms with van der Waals surface area (Å²) >= 11 is 0. The molecule has 1 aliphatic rings. The highest BCUT2D eigenvalue weighted by Gasteiger charge is 2.31. The fourth-order valence-corrected chi connectivity index (χ4v) is 5.70. The zero-order chi connectivity index (χ0) is 33.6. The van der Waals surface area contributed by atoms with Crippen LogP contribution in [0.3, 0.4) is 0 Å². The molecule has 0 saturated carbocycles. The monoisotopic (exact) mass is 651 g/mol. The number of primary amides is 1. The molecule has 1 fully saturated rings. The lowest BCUT2D eigenvalue weighted by molar-refractivity contribution is -0.135. The Morgan fingerprint density at radius 3 is 2.15 bits per heavy atom. The maximum absolute atomic E-state index is 12.9. The van der Waals surface area contributed by atoms with Gasteiger partial charge < -0.3 is 25.7 Å². The number of imidazole rings is 1. The minimum Gasteiger partial charge on any atom is -0.381 e. The molecule has 3 amide bonds. The molecule has 0 aliphatic carbocycles. The van der Waals surface area contributed by atoms with Crippen LogP contribution in [0.25, 0.3) is 11.0 Å². The molecule has 5 N–H and O–H groups in total. The molecule has 256 valence electrons. The molecule has 0 spiro atoms. The normalized spacial score (nSPS) is 15.7. The van der Waals surface area contributed by atoms with Crippen LogP contribution >= 0.6 is 0 Å². The molecular weight excluding hydrogens is 602 g/mol. The number of aryl methyl sites for hydroxylation is 3. The molecule has 0 radical (unpaired) electrons. The third-order valence-electron chi connectivity index (χ3n) is 8.40. The molecule has 1 unspecified atom stereocenters. The molecule has 1 aliphatic heterocycles. The van der Waals surface area contributed by atoms with Crippen molar-refractivity contribution in [1.82, 2.24) is 14.5 Å². The van der Waals surface area contributed by atoms with Crippen molar-refractivity contribution < 1.29 is 28.6 Å². The number of fused-ring (bicyclic) bond motifs is 1. The summed E-state index contributed by atoms with van der Waals surface area (Å²) in [6.07, 6.45) is 6.86. The van der Waals surface area contributed by atoms with E-state index in [1.807, 2.05) is 18.2 Å². The lowest BCUT2D eigenvalue weighted by Crippen LogP contribution is -2.44. The van der Waals surface area contributed by atoms with E-state index in [2.05, 4.69) is 29.6 Å². The van der Waals surface area contributed by atoms with E-state index in [1.165, 1.54) is 10.1 Å². The van der Waals surface area contributed by atoms with Crippen LogP contribution in [0.15, 0.2) is 47.3 Å². The first-order valence-corrected chi connectivity index (χ1v) is 16.6. The SMILES string of the molecule is Cn1c(=O)n(C2CCC(=O)NC2=O)c2ccc(CCCOCCCCOCCCc3ccc(COC[C@@H](N)CCC(N)=O)cc3)cc21. The molecule has 2 aromatic carbocycles. The molecule has 0 bridgehead atoms. The summed E-state index contributed by atoms with van der Waals surface area (Å²) < 4.78 is 20.3. The number of amides is 3. The summed E-state index contributed by atoms with van der Waals surface area (Å²) in [5.41, 5.74) is 15.7. The number of carbonyl (C=O) groups excluding carboxylic acids is 3. The summed E-state index contributed by atoms with van der Waals surface area (Å²) in [7, 11) is 1.71. The van der Waals surface area contributed by atoms with Crippen molar-refractivity contribution in [2.45, 2.75) is 82.9 Å². The van der Waals surface area contributed by atoms with Gasteiger partial charge in [0.05, 0.1) is 24.2 Å². The quantitative estimate of drug-likeness (QED) is 0.117. The number of carbonyl (C=O) groups is 3. The van der Waals surface area contributed by atoms with E-state index >= 15 is 0 Å². The van der Waals surface area contributed by atoms with Crippen LogP contribution in [0.4, 0.5) is 0 Å². The van der Waals surface area contributed by atoms with Gasteiger partial charge in [0.15, 0.2) is 0 Å². The molecule has 1 aromatic heterocycles. The van der Waals surface area contributed by atoms with Gasteiger partial charge in [-0.2, -0.15) is 0 Å². The zero-order valence-corrected chi connectivity index (χ0v) is 27.4. The number of nitrogens with zero attached hydrogens (tertiary/aromatic N) is 2. The minimum atomic E-state index is -0.677. The number of aromatic nitrogens is 2. The molecule has 4 rings (SSSR count). The van der Waals surface area contributed by atoms with Crippen LogP contribution in [-0.4, -0.2) is 65.9 Å². The standard InChI is InChI=1S/C35H49N5O7/c1-39-31-22-26(12-14-29(31)40(35(39)44)30-15-17-33(42)38-34(30)43)7-5-21-46-19-3-2-18-45-20-4-6-25-8-10-27(11-9-25)23-47-24-28(36)13-16-32(37)41/h8-12,14,22,28,30H,2-7,13,15-21,23-24,36H2,1H3,(H2,37,41)(H,38,42,43)/t28-,30?/m0/s1. The number of benzene rings is 2. The Labute approximate surface area is 275 Å². The molecule has 2 atom stereocenters. The maximum atomic E-state index is 12.9. The van der Waals surface area contributed by atoms with Gasteiger partial charge in [0.1, 0.15) is 6.04 Å². The molecule has 12 nitrogen and oxygen atoms in total. The van der Waals surface area contributed by atoms with E-state index in [4.69, 9.17) is 25.7 Å². The predicted octanol–water partition coefficient (Wildman–Crippen LogP) is 2.81. The van der Waals surface area contributed by atoms with Gasteiger partial charge in [0, 0.05) is 52.4 Å². The van der Waals surface area contributed by atoms with Gasteiger partial charge in [-0.15, -0.1) is 0 Å². The lowest BCUT2D eigenvalue weighted by atomic mass is 10.1. The highest BCUT2D eigenvalue weighted by Crippen LogP contribution is 2.24. The number of hydrogen-bond acceptors (Lipinski definition) is 8. The second-order valence-electron chi connectivity index (χ2n) is 12.2. The summed E-state index contributed by atoms with van der Waals surface area (Å²) in [4.78, 5) is 47.7. The van der Waals surface area contributed by atoms with Crippen molar-refractivity contribution in [2.75, 3.05) is 33.0 Å². The Balaban J connectivity index is 1.02. The Morgan fingerprint density at radius 1 is 0.872 bits per heavy atom. The van der Waals surface area contributed by atoms with Gasteiger partial charge in [-0.25, -0.2) is 4.79 Å². The van der Waals surface area contributed by atoms with Gasteiger partial charge >= 0.3 is 5.69 Å². The van der Waals surface area contributed by atoms with Gasteiger partial charge in [-0.3, -0.25) is 28.8 Å². The van der Waals surface area contributed by atoms with Gasteiger partial charge in [0.25, 0.3) is 0 Å². The number of piperidine rings is 1. The molecule has 2 heterocycles. The summed E-state index contributed by atoms with van der Waals surface area (Å²) in [6, 6.07) is 13.4. The summed E-state index contributed by atoms with van der Waals surface area (Å²) in [5.74, 6) is -1.07. The van der Waals surface area contributed by atoms with E-state index in [1.54, 1.807) is 11.6 Å². The zero-order valence-electron chi connectivity index (χ0n) is 27.4. The fourth-order valence-electron chi connectivity index (χ4n) is 5.70. The van der Waals surface area contributed by atoms with Gasteiger partial charge in [-0.1, -0.05) is 30.3 Å². The van der Waals surface area contributed by atoms with Crippen LogP contribution < -0.4 is 22.5 Å². The van der Waals surface area contributed by atoms with E-state index in [0.29, 0.717) is 44.8 Å². The van der Waals surface area contributed by atoms with Crippen molar-refractivity contribution in [1.29, 1.82) is 0 Å². The average molecular weight is 652 g/mol. The van der Waals surface area contributed by atoms with E-state index in [-0.39, 0.29) is 36.4 Å². The van der Waals surface area contributed by atoms with E-state index in [0.717, 1.165) is 68.4 Å². The molecular formula is C35H49N5O7. The van der Waals surface area contributed by atoms with Crippen LogP contribution in [0.1, 0.15) is 74.1 Å². The number of unbranched alkanes of at least 4 members (excludes halogenated alkanes) is 1. The smallest absolute Gasteiger partial charge is 0.329 e. The van der Waals surface area contributed by atoms with Gasteiger partial charge in [0.2, 0.25) is 17.7 Å². The highest BCUT2D eigenvalue weighted by atomic mass is 16.5. The Kier molecular flexibility index (Phi) is 14.2. The summed E-state index contributed by atoms with van der Waals surface area (Å²) in [5, 5.41) is 2.34. The van der Waals surface area contributed by atoms with Crippen LogP contribution in [0.2, 0.25) is 0 Å². The fraction of sp³-hybridized carbons (Fsp3) is 0.543. The maximum Gasteiger partial charge on any atom is 0.329 e. The highest BCUT2D eigenvalue weighted by molar-refractivity contribution is 6.00. The average Bonchev–Trinajstić information content (AvgIpc) is 3.29. The number of nitrogens with one attached hydrogen (secondary N) is 1. The van der Waals surface area contributed by atoms with Crippen molar-refractivity contribution in [2.24, 2.45) is 18.5 Å². The molecule has 3 aromatic rings. The minimum absolute atomic E-state index is 0.190. The number of hydrogen-bond donors (Lipinski definition) is 3. The summed E-state index contributed by atoms with van der Waals surface area (Å²) in [6.45, 7) is 3.68. The van der Waals surface area contributed by atoms with Crippen LogP contribution in [0, 0.1) is 0 Å². The van der Waals surface area contributed by atoms with Crippen molar-refractivity contribution >= 4 is 28.8 Å². The second-order valence-corrected chi connectivity index (χ2v) is 12.2. The Bertz CT molecular complexity index is 1530. The predicted molar refractivity (Wildman–Crippen MR) is 179 cm³/mol. The van der Waals surface area contributed by atoms with E-state index < -0.39 is 11.9 Å². The first kappa shape index (κ1) is 36.0. The third-order valence-corrected chi connectivity index (χ3v) is 8.40. The van der Waals surface area contributed by atoms with Crippen LogP contribution in [-0.2, 0) is 55.1 Å². The number of nitrogens with two attached hydrogens (primary N) is 2. The number of imide groups is 1. The third kappa shape index (κ3) is 11.1. The first-order chi connectivity index (χ1) is 22.7. The number of ether oxygens (including phenoxy) is 3. The lowest BCUT2D eigenvalue weighted by Gasteiger charge is -2.21. The first-order valence-electron chi connectivity index (χ1n) is 16.6. The van der Waals surface area contributed by atoms with Gasteiger partial charge in [-0.05, 0) is 80.2 Å².